The minimum atomic E-state index is -0.360. The van der Waals surface area contributed by atoms with Gasteiger partial charge in [-0.05, 0) is 57.5 Å². The van der Waals surface area contributed by atoms with Crippen molar-refractivity contribution in [3.05, 3.63) is 0 Å². The van der Waals surface area contributed by atoms with Gasteiger partial charge in [-0.25, -0.2) is 0 Å². The van der Waals surface area contributed by atoms with E-state index in [4.69, 9.17) is 5.73 Å². The predicted octanol–water partition coefficient (Wildman–Crippen LogP) is 0.608. The lowest BCUT2D eigenvalue weighted by Gasteiger charge is -2.37. The molecule has 1 unspecified atom stereocenters. The molecule has 2 saturated carbocycles. The second-order valence-corrected chi connectivity index (χ2v) is 6.73. The van der Waals surface area contributed by atoms with Gasteiger partial charge in [0.2, 0.25) is 5.91 Å². The Bertz CT molecular complexity index is 416. The summed E-state index contributed by atoms with van der Waals surface area (Å²) in [5.41, 5.74) is 5.02. The third kappa shape index (κ3) is 2.97. The van der Waals surface area contributed by atoms with E-state index < -0.39 is 0 Å². The molecule has 1 saturated heterocycles. The first-order valence-corrected chi connectivity index (χ1v) is 7.83. The molecule has 2 aliphatic carbocycles. The number of piperidine rings is 1. The number of nitrogens with one attached hydrogen (secondary N) is 1. The average molecular weight is 276 g/mol. The van der Waals surface area contributed by atoms with Gasteiger partial charge in [0.05, 0.1) is 6.07 Å². The van der Waals surface area contributed by atoms with E-state index >= 15 is 0 Å². The molecule has 3 N–H and O–H groups in total. The van der Waals surface area contributed by atoms with Gasteiger partial charge in [-0.1, -0.05) is 0 Å². The van der Waals surface area contributed by atoms with E-state index in [0.717, 1.165) is 32.5 Å². The second kappa shape index (κ2) is 5.34. The molecule has 1 aliphatic heterocycles. The molecule has 3 rings (SSSR count). The van der Waals surface area contributed by atoms with Gasteiger partial charge in [-0.15, -0.1) is 0 Å². The monoisotopic (exact) mass is 276 g/mol. The van der Waals surface area contributed by atoms with E-state index in [2.05, 4.69) is 16.3 Å². The van der Waals surface area contributed by atoms with Crippen LogP contribution >= 0.6 is 0 Å². The molecule has 0 bridgehead atoms. The lowest BCUT2D eigenvalue weighted by Crippen LogP contribution is -2.56. The van der Waals surface area contributed by atoms with Crippen molar-refractivity contribution in [3.63, 3.8) is 0 Å². The Morgan fingerprint density at radius 1 is 1.25 bits per heavy atom. The standard InChI is InChI=1S/C15H24N4O/c16-9-15(12-1-2-12,18-13-3-4-13)10-19-7-5-11(6-8-19)14(17)20/h11-13,18H,1-8,10H2,(H2,17,20). The van der Waals surface area contributed by atoms with Gasteiger partial charge in [0, 0.05) is 18.5 Å². The van der Waals surface area contributed by atoms with Crippen LogP contribution in [0.5, 0.6) is 0 Å². The maximum atomic E-state index is 11.2. The summed E-state index contributed by atoms with van der Waals surface area (Å²) in [5.74, 6) is 0.372. The van der Waals surface area contributed by atoms with E-state index in [1.807, 2.05) is 0 Å². The highest BCUT2D eigenvalue weighted by atomic mass is 16.1. The number of amides is 1. The van der Waals surface area contributed by atoms with Crippen LogP contribution in [0.4, 0.5) is 0 Å². The van der Waals surface area contributed by atoms with Gasteiger partial charge in [-0.3, -0.25) is 10.1 Å². The number of hydrogen-bond donors (Lipinski definition) is 2. The molecule has 1 amide bonds. The Hall–Kier alpha value is -1.12. The lowest BCUT2D eigenvalue weighted by molar-refractivity contribution is -0.123. The summed E-state index contributed by atoms with van der Waals surface area (Å²) in [6.45, 7) is 2.57. The van der Waals surface area contributed by atoms with Gasteiger partial charge in [0.15, 0.2) is 0 Å². The number of primary amides is 1. The Morgan fingerprint density at radius 3 is 2.35 bits per heavy atom. The van der Waals surface area contributed by atoms with Crippen molar-refractivity contribution in [3.8, 4) is 6.07 Å². The summed E-state index contributed by atoms with van der Waals surface area (Å²) in [6, 6.07) is 3.14. The number of carbonyl (C=O) groups excluding carboxylic acids is 1. The second-order valence-electron chi connectivity index (χ2n) is 6.73. The molecule has 20 heavy (non-hydrogen) atoms. The van der Waals surface area contributed by atoms with Crippen molar-refractivity contribution in [2.75, 3.05) is 19.6 Å². The van der Waals surface area contributed by atoms with E-state index in [1.54, 1.807) is 0 Å². The van der Waals surface area contributed by atoms with Gasteiger partial charge in [-0.2, -0.15) is 5.26 Å². The van der Waals surface area contributed by atoms with Gasteiger partial charge >= 0.3 is 0 Å². The molecule has 0 aromatic heterocycles. The molecule has 1 atom stereocenters. The van der Waals surface area contributed by atoms with E-state index in [9.17, 15) is 10.1 Å². The van der Waals surface area contributed by atoms with Gasteiger partial charge in [0.1, 0.15) is 5.54 Å². The fourth-order valence-corrected chi connectivity index (χ4v) is 3.35. The third-order valence-electron chi connectivity index (χ3n) is 4.98. The summed E-state index contributed by atoms with van der Waals surface area (Å²) >= 11 is 0. The highest BCUT2D eigenvalue weighted by molar-refractivity contribution is 5.76. The number of hydrogen-bond acceptors (Lipinski definition) is 4. The number of rotatable bonds is 6. The van der Waals surface area contributed by atoms with Crippen LogP contribution in [-0.2, 0) is 4.79 Å². The summed E-state index contributed by atoms with van der Waals surface area (Å²) in [7, 11) is 0. The zero-order valence-corrected chi connectivity index (χ0v) is 12.0. The van der Waals surface area contributed by atoms with Crippen LogP contribution in [0.2, 0.25) is 0 Å². The molecule has 5 heteroatoms. The van der Waals surface area contributed by atoms with Crippen molar-refractivity contribution >= 4 is 5.91 Å². The maximum Gasteiger partial charge on any atom is 0.220 e. The third-order valence-corrected chi connectivity index (χ3v) is 4.98. The molecule has 0 aromatic carbocycles. The van der Waals surface area contributed by atoms with Crippen molar-refractivity contribution in [1.29, 1.82) is 5.26 Å². The fourth-order valence-electron chi connectivity index (χ4n) is 3.35. The Kier molecular flexibility index (Phi) is 3.70. The molecule has 0 aromatic rings. The summed E-state index contributed by atoms with van der Waals surface area (Å²) in [4.78, 5) is 13.6. The van der Waals surface area contributed by atoms with Crippen molar-refractivity contribution in [2.45, 2.75) is 50.1 Å². The zero-order valence-electron chi connectivity index (χ0n) is 12.0. The normalized spacial score (nSPS) is 27.8. The lowest BCUT2D eigenvalue weighted by atomic mass is 9.90. The van der Waals surface area contributed by atoms with Crippen LogP contribution in [0.3, 0.4) is 0 Å². The van der Waals surface area contributed by atoms with Crippen molar-refractivity contribution in [1.82, 2.24) is 10.2 Å². The Balaban J connectivity index is 1.59. The molecule has 110 valence electrons. The van der Waals surface area contributed by atoms with Crippen LogP contribution in [0.1, 0.15) is 38.5 Å². The molecule has 0 radical (unpaired) electrons. The number of carbonyl (C=O) groups is 1. The highest BCUT2D eigenvalue weighted by Gasteiger charge is 2.49. The summed E-state index contributed by atoms with van der Waals surface area (Å²) < 4.78 is 0. The van der Waals surface area contributed by atoms with Crippen LogP contribution in [0.25, 0.3) is 0 Å². The number of nitrogens with zero attached hydrogens (tertiary/aromatic N) is 2. The predicted molar refractivity (Wildman–Crippen MR) is 75.6 cm³/mol. The average Bonchev–Trinajstić information content (AvgIpc) is 3.31. The molecular formula is C15H24N4O. The summed E-state index contributed by atoms with van der Waals surface area (Å²) in [6.07, 6.45) is 6.44. The smallest absolute Gasteiger partial charge is 0.220 e. The molecule has 5 nitrogen and oxygen atoms in total. The Morgan fingerprint density at radius 2 is 1.90 bits per heavy atom. The quantitative estimate of drug-likeness (QED) is 0.744. The first-order chi connectivity index (χ1) is 9.63. The van der Waals surface area contributed by atoms with E-state index in [1.165, 1.54) is 25.7 Å². The molecule has 1 heterocycles. The maximum absolute atomic E-state index is 11.2. The molecule has 3 fully saturated rings. The molecular weight excluding hydrogens is 252 g/mol. The first-order valence-electron chi connectivity index (χ1n) is 7.83. The highest BCUT2D eigenvalue weighted by Crippen LogP contribution is 2.42. The van der Waals surface area contributed by atoms with E-state index in [0.29, 0.717) is 12.0 Å². The van der Waals surface area contributed by atoms with Crippen molar-refractivity contribution < 1.29 is 4.79 Å². The minimum absolute atomic E-state index is 0.0278. The van der Waals surface area contributed by atoms with Crippen LogP contribution < -0.4 is 11.1 Å². The molecule has 3 aliphatic rings. The van der Waals surface area contributed by atoms with Gasteiger partial charge < -0.3 is 10.6 Å². The van der Waals surface area contributed by atoms with Crippen LogP contribution in [0.15, 0.2) is 0 Å². The number of likely N-dealkylation sites (tertiary alicyclic amines) is 1. The van der Waals surface area contributed by atoms with Crippen molar-refractivity contribution in [2.24, 2.45) is 17.6 Å². The molecule has 0 spiro atoms. The number of nitrogens with two attached hydrogens (primary N) is 1. The first kappa shape index (κ1) is 13.8. The fraction of sp³-hybridized carbons (Fsp3) is 0.867. The zero-order chi connectivity index (χ0) is 14.2. The number of nitriles is 1. The SMILES string of the molecule is N#CC(CN1CCC(C(N)=O)CC1)(NC1CC1)C1CC1. The topological polar surface area (TPSA) is 82.2 Å². The summed E-state index contributed by atoms with van der Waals surface area (Å²) in [5, 5.41) is 13.3. The van der Waals surface area contributed by atoms with E-state index in [-0.39, 0.29) is 17.4 Å². The Labute approximate surface area is 120 Å². The van der Waals surface area contributed by atoms with Crippen LogP contribution in [0, 0.1) is 23.2 Å². The minimum Gasteiger partial charge on any atom is -0.369 e. The van der Waals surface area contributed by atoms with Gasteiger partial charge in [0.25, 0.3) is 0 Å². The van der Waals surface area contributed by atoms with Crippen LogP contribution in [-0.4, -0.2) is 42.0 Å². The largest absolute Gasteiger partial charge is 0.369 e.